The fraction of sp³-hybridized carbons (Fsp3) is 0.333. The summed E-state index contributed by atoms with van der Waals surface area (Å²) in [4.78, 5) is 0. The lowest BCUT2D eigenvalue weighted by Gasteiger charge is -2.16. The lowest BCUT2D eigenvalue weighted by Crippen LogP contribution is -2.11. The summed E-state index contributed by atoms with van der Waals surface area (Å²) in [6, 6.07) is 15.2. The van der Waals surface area contributed by atoms with Crippen LogP contribution in [0.5, 0.6) is 0 Å². The fourth-order valence-electron chi connectivity index (χ4n) is 2.47. The summed E-state index contributed by atoms with van der Waals surface area (Å²) in [6.45, 7) is 4.33. The van der Waals surface area contributed by atoms with E-state index in [1.165, 1.54) is 22.3 Å². The highest BCUT2D eigenvalue weighted by Gasteiger charge is 2.11. The Morgan fingerprint density at radius 2 is 1.70 bits per heavy atom. The molecule has 1 atom stereocenters. The molecule has 0 spiro atoms. The van der Waals surface area contributed by atoms with Gasteiger partial charge in [0.05, 0.1) is 0 Å². The molecule has 0 heterocycles. The van der Waals surface area contributed by atoms with Crippen LogP contribution >= 0.6 is 27.5 Å². The van der Waals surface area contributed by atoms with Crippen LogP contribution in [0, 0.1) is 19.8 Å². The van der Waals surface area contributed by atoms with Crippen molar-refractivity contribution in [2.45, 2.75) is 26.7 Å². The quantitative estimate of drug-likeness (QED) is 0.606. The molecule has 1 unspecified atom stereocenters. The van der Waals surface area contributed by atoms with Crippen molar-refractivity contribution in [3.63, 3.8) is 0 Å². The maximum atomic E-state index is 6.18. The maximum absolute atomic E-state index is 6.18. The van der Waals surface area contributed by atoms with E-state index in [4.69, 9.17) is 11.6 Å². The van der Waals surface area contributed by atoms with Crippen molar-refractivity contribution in [2.75, 3.05) is 5.88 Å². The molecule has 0 aliphatic carbocycles. The van der Waals surface area contributed by atoms with E-state index in [9.17, 15) is 0 Å². The third-order valence-electron chi connectivity index (χ3n) is 3.67. The Bertz CT molecular complexity index is 560. The second-order valence-corrected chi connectivity index (χ2v) is 6.71. The Labute approximate surface area is 135 Å². The Hall–Kier alpha value is -0.790. The van der Waals surface area contributed by atoms with E-state index in [1.54, 1.807) is 0 Å². The van der Waals surface area contributed by atoms with Gasteiger partial charge in [0, 0.05) is 10.4 Å². The zero-order chi connectivity index (χ0) is 14.5. The first kappa shape index (κ1) is 15.6. The highest BCUT2D eigenvalue weighted by Crippen LogP contribution is 2.21. The third kappa shape index (κ3) is 4.36. The first-order valence-electron chi connectivity index (χ1n) is 6.95. The molecule has 0 saturated carbocycles. The molecule has 0 nitrogen and oxygen atoms in total. The largest absolute Gasteiger partial charge is 0.126 e. The molecule has 0 amide bonds. The molecule has 2 rings (SSSR count). The summed E-state index contributed by atoms with van der Waals surface area (Å²) in [6.07, 6.45) is 2.08. The van der Waals surface area contributed by atoms with Gasteiger partial charge in [-0.15, -0.1) is 11.6 Å². The Kier molecular flexibility index (Phi) is 5.68. The molecule has 0 saturated heterocycles. The van der Waals surface area contributed by atoms with E-state index in [0.717, 1.165) is 17.3 Å². The summed E-state index contributed by atoms with van der Waals surface area (Å²) >= 11 is 9.66. The Balaban J connectivity index is 2.08. The Morgan fingerprint density at radius 3 is 2.35 bits per heavy atom. The van der Waals surface area contributed by atoms with Gasteiger partial charge in [-0.25, -0.2) is 0 Å². The number of halogens is 2. The van der Waals surface area contributed by atoms with Crippen LogP contribution in [0.25, 0.3) is 0 Å². The van der Waals surface area contributed by atoms with E-state index in [0.29, 0.717) is 11.8 Å². The standard InChI is InChI=1S/C18H20BrCl/c1-13-3-4-14(2)17(9-13)11-16(12-20)10-15-5-7-18(19)8-6-15/h3-9,16H,10-12H2,1-2H3. The molecule has 106 valence electrons. The topological polar surface area (TPSA) is 0 Å². The number of benzene rings is 2. The zero-order valence-corrected chi connectivity index (χ0v) is 14.3. The van der Waals surface area contributed by atoms with Crippen molar-refractivity contribution < 1.29 is 0 Å². The van der Waals surface area contributed by atoms with Crippen LogP contribution in [0.2, 0.25) is 0 Å². The van der Waals surface area contributed by atoms with Crippen LogP contribution in [-0.2, 0) is 12.8 Å². The summed E-state index contributed by atoms with van der Waals surface area (Å²) in [5, 5.41) is 0. The minimum absolute atomic E-state index is 0.485. The molecule has 2 heteroatoms. The van der Waals surface area contributed by atoms with Crippen LogP contribution in [-0.4, -0.2) is 5.88 Å². The number of alkyl halides is 1. The van der Waals surface area contributed by atoms with Crippen LogP contribution in [0.3, 0.4) is 0 Å². The van der Waals surface area contributed by atoms with Gasteiger partial charge in [0.15, 0.2) is 0 Å². The van der Waals surface area contributed by atoms with E-state index in [2.05, 4.69) is 72.2 Å². The monoisotopic (exact) mass is 350 g/mol. The van der Waals surface area contributed by atoms with Crippen molar-refractivity contribution in [3.05, 3.63) is 69.2 Å². The molecular weight excluding hydrogens is 332 g/mol. The smallest absolute Gasteiger partial charge is 0.0258 e. The molecule has 20 heavy (non-hydrogen) atoms. The lowest BCUT2D eigenvalue weighted by molar-refractivity contribution is 0.582. The zero-order valence-electron chi connectivity index (χ0n) is 12.0. The molecule has 0 N–H and O–H groups in total. The van der Waals surface area contributed by atoms with Crippen LogP contribution in [0.1, 0.15) is 22.3 Å². The number of aryl methyl sites for hydroxylation is 2. The summed E-state index contributed by atoms with van der Waals surface area (Å²) in [5.41, 5.74) is 5.46. The van der Waals surface area contributed by atoms with Gasteiger partial charge in [-0.2, -0.15) is 0 Å². The van der Waals surface area contributed by atoms with Gasteiger partial charge in [0.2, 0.25) is 0 Å². The fourth-order valence-corrected chi connectivity index (χ4v) is 2.95. The minimum Gasteiger partial charge on any atom is -0.126 e. The lowest BCUT2D eigenvalue weighted by atomic mass is 9.91. The first-order chi connectivity index (χ1) is 9.58. The van der Waals surface area contributed by atoms with E-state index in [1.807, 2.05) is 0 Å². The van der Waals surface area contributed by atoms with Crippen LogP contribution in [0.4, 0.5) is 0 Å². The predicted octanol–water partition coefficient (Wildman–Crippen LogP) is 5.71. The minimum atomic E-state index is 0.485. The van der Waals surface area contributed by atoms with Gasteiger partial charge in [-0.05, 0) is 61.4 Å². The average molecular weight is 352 g/mol. The SMILES string of the molecule is Cc1ccc(C)c(CC(CCl)Cc2ccc(Br)cc2)c1. The van der Waals surface area contributed by atoms with Gasteiger partial charge in [-0.3, -0.25) is 0 Å². The third-order valence-corrected chi connectivity index (χ3v) is 4.63. The second-order valence-electron chi connectivity index (χ2n) is 5.48. The van der Waals surface area contributed by atoms with Crippen molar-refractivity contribution >= 4 is 27.5 Å². The molecule has 2 aromatic carbocycles. The molecular formula is C18H20BrCl. The normalized spacial score (nSPS) is 12.4. The molecule has 0 bridgehead atoms. The van der Waals surface area contributed by atoms with Crippen molar-refractivity contribution in [2.24, 2.45) is 5.92 Å². The summed E-state index contributed by atoms with van der Waals surface area (Å²) < 4.78 is 1.12. The van der Waals surface area contributed by atoms with Gasteiger partial charge in [-0.1, -0.05) is 51.8 Å². The average Bonchev–Trinajstić information content (AvgIpc) is 2.44. The first-order valence-corrected chi connectivity index (χ1v) is 8.28. The van der Waals surface area contributed by atoms with E-state index >= 15 is 0 Å². The number of hydrogen-bond acceptors (Lipinski definition) is 0. The van der Waals surface area contributed by atoms with Gasteiger partial charge in [0.1, 0.15) is 0 Å². The summed E-state index contributed by atoms with van der Waals surface area (Å²) in [5.74, 6) is 1.18. The predicted molar refractivity (Wildman–Crippen MR) is 91.7 cm³/mol. The molecule has 2 aromatic rings. The highest BCUT2D eigenvalue weighted by molar-refractivity contribution is 9.10. The maximum Gasteiger partial charge on any atom is 0.0258 e. The van der Waals surface area contributed by atoms with Gasteiger partial charge >= 0.3 is 0 Å². The van der Waals surface area contributed by atoms with E-state index in [-0.39, 0.29) is 0 Å². The molecule has 0 radical (unpaired) electrons. The van der Waals surface area contributed by atoms with Crippen molar-refractivity contribution in [3.8, 4) is 0 Å². The number of hydrogen-bond donors (Lipinski definition) is 0. The van der Waals surface area contributed by atoms with Crippen molar-refractivity contribution in [1.29, 1.82) is 0 Å². The Morgan fingerprint density at radius 1 is 1.00 bits per heavy atom. The molecule has 0 aliphatic heterocycles. The van der Waals surface area contributed by atoms with E-state index < -0.39 is 0 Å². The van der Waals surface area contributed by atoms with Crippen LogP contribution < -0.4 is 0 Å². The van der Waals surface area contributed by atoms with Gasteiger partial charge < -0.3 is 0 Å². The second kappa shape index (κ2) is 7.28. The summed E-state index contributed by atoms with van der Waals surface area (Å²) in [7, 11) is 0. The molecule has 0 aliphatic rings. The number of rotatable bonds is 5. The molecule has 0 aromatic heterocycles. The van der Waals surface area contributed by atoms with Crippen LogP contribution in [0.15, 0.2) is 46.9 Å². The highest BCUT2D eigenvalue weighted by atomic mass is 79.9. The van der Waals surface area contributed by atoms with Crippen molar-refractivity contribution in [1.82, 2.24) is 0 Å². The molecule has 0 fully saturated rings. The van der Waals surface area contributed by atoms with Gasteiger partial charge in [0.25, 0.3) is 0 Å².